The number of benzene rings is 1. The third-order valence-corrected chi connectivity index (χ3v) is 3.94. The zero-order chi connectivity index (χ0) is 13.8. The lowest BCUT2D eigenvalue weighted by atomic mass is 9.90. The van der Waals surface area contributed by atoms with E-state index in [2.05, 4.69) is 25.7 Å². The fraction of sp³-hybridized carbons (Fsp3) is 0.571. The van der Waals surface area contributed by atoms with Gasteiger partial charge in [-0.3, -0.25) is 4.90 Å². The predicted octanol–water partition coefficient (Wildman–Crippen LogP) is 3.08. The van der Waals surface area contributed by atoms with Gasteiger partial charge in [0.2, 0.25) is 0 Å². The smallest absolute Gasteiger partial charge is 0.127 e. The van der Waals surface area contributed by atoms with Crippen LogP contribution in [0.15, 0.2) is 18.2 Å². The topological polar surface area (TPSA) is 29.3 Å². The summed E-state index contributed by atoms with van der Waals surface area (Å²) in [6.45, 7) is 8.47. The Morgan fingerprint density at radius 1 is 1.33 bits per heavy atom. The first-order valence-corrected chi connectivity index (χ1v) is 6.74. The summed E-state index contributed by atoms with van der Waals surface area (Å²) in [5, 5.41) is 0.474. The molecule has 0 aliphatic heterocycles. The number of rotatable bonds is 6. The van der Waals surface area contributed by atoms with Crippen LogP contribution in [0.5, 0.6) is 0 Å². The Kier molecular flexibility index (Phi) is 5.57. The van der Waals surface area contributed by atoms with E-state index in [1.807, 2.05) is 0 Å². The molecule has 0 aromatic heterocycles. The molecule has 0 aliphatic carbocycles. The highest BCUT2D eigenvalue weighted by Crippen LogP contribution is 2.26. The molecule has 0 aliphatic rings. The van der Waals surface area contributed by atoms with Crippen molar-refractivity contribution < 1.29 is 4.39 Å². The summed E-state index contributed by atoms with van der Waals surface area (Å²) in [5.41, 5.74) is 6.19. The van der Waals surface area contributed by atoms with Gasteiger partial charge < -0.3 is 5.73 Å². The molecule has 1 rings (SSSR count). The average Bonchev–Trinajstić information content (AvgIpc) is 2.35. The molecule has 18 heavy (non-hydrogen) atoms. The van der Waals surface area contributed by atoms with Gasteiger partial charge in [-0.05, 0) is 38.6 Å². The maximum atomic E-state index is 13.8. The van der Waals surface area contributed by atoms with Gasteiger partial charge in [0.05, 0.1) is 0 Å². The molecule has 0 spiro atoms. The Hall–Kier alpha value is -0.640. The van der Waals surface area contributed by atoms with Crippen molar-refractivity contribution in [2.75, 3.05) is 19.6 Å². The molecule has 1 aromatic carbocycles. The Morgan fingerprint density at radius 3 is 2.39 bits per heavy atom. The Labute approximate surface area is 114 Å². The van der Waals surface area contributed by atoms with Crippen LogP contribution in [0.1, 0.15) is 26.3 Å². The lowest BCUT2D eigenvalue weighted by molar-refractivity contribution is 0.123. The van der Waals surface area contributed by atoms with Crippen molar-refractivity contribution in [1.82, 2.24) is 4.90 Å². The van der Waals surface area contributed by atoms with Gasteiger partial charge in [-0.1, -0.05) is 31.5 Å². The molecule has 0 bridgehead atoms. The molecule has 0 radical (unpaired) electrons. The summed E-state index contributed by atoms with van der Waals surface area (Å²) in [4.78, 5) is 2.25. The van der Waals surface area contributed by atoms with E-state index in [1.54, 1.807) is 12.1 Å². The first-order chi connectivity index (χ1) is 8.48. The standard InChI is InChI=1S/C14H22ClFN2/c1-4-18(5-2)14(3,10-17)9-11-12(15)7-6-8-13(11)16/h6-8H,4-5,9-10,17H2,1-3H3. The maximum absolute atomic E-state index is 13.8. The minimum atomic E-state index is -0.269. The molecule has 2 N–H and O–H groups in total. The molecule has 0 heterocycles. The number of nitrogens with zero attached hydrogens (tertiary/aromatic N) is 1. The van der Waals surface area contributed by atoms with Gasteiger partial charge in [-0.2, -0.15) is 0 Å². The van der Waals surface area contributed by atoms with E-state index in [9.17, 15) is 4.39 Å². The molecular weight excluding hydrogens is 251 g/mol. The molecule has 0 amide bonds. The number of hydrogen-bond donors (Lipinski definition) is 1. The highest BCUT2D eigenvalue weighted by atomic mass is 35.5. The van der Waals surface area contributed by atoms with Crippen molar-refractivity contribution in [1.29, 1.82) is 0 Å². The van der Waals surface area contributed by atoms with Crippen molar-refractivity contribution in [3.05, 3.63) is 34.6 Å². The van der Waals surface area contributed by atoms with Crippen LogP contribution in [0, 0.1) is 5.82 Å². The SMILES string of the molecule is CCN(CC)C(C)(CN)Cc1c(F)cccc1Cl. The Morgan fingerprint density at radius 2 is 1.94 bits per heavy atom. The van der Waals surface area contributed by atoms with E-state index in [-0.39, 0.29) is 11.4 Å². The van der Waals surface area contributed by atoms with Crippen LogP contribution in [0.25, 0.3) is 0 Å². The third-order valence-electron chi connectivity index (χ3n) is 3.59. The van der Waals surface area contributed by atoms with Crippen LogP contribution in [0.2, 0.25) is 5.02 Å². The van der Waals surface area contributed by atoms with Crippen LogP contribution < -0.4 is 5.73 Å². The molecule has 1 unspecified atom stereocenters. The monoisotopic (exact) mass is 272 g/mol. The highest BCUT2D eigenvalue weighted by molar-refractivity contribution is 6.31. The van der Waals surface area contributed by atoms with Gasteiger partial charge in [-0.15, -0.1) is 0 Å². The lowest BCUT2D eigenvalue weighted by Crippen LogP contribution is -2.53. The first-order valence-electron chi connectivity index (χ1n) is 6.36. The molecular formula is C14H22ClFN2. The average molecular weight is 273 g/mol. The lowest BCUT2D eigenvalue weighted by Gasteiger charge is -2.40. The summed E-state index contributed by atoms with van der Waals surface area (Å²) in [5.74, 6) is -0.255. The second-order valence-electron chi connectivity index (χ2n) is 4.75. The summed E-state index contributed by atoms with van der Waals surface area (Å²) in [7, 11) is 0. The van der Waals surface area contributed by atoms with Gasteiger partial charge >= 0.3 is 0 Å². The number of hydrogen-bond acceptors (Lipinski definition) is 2. The van der Waals surface area contributed by atoms with E-state index in [4.69, 9.17) is 17.3 Å². The number of nitrogens with two attached hydrogens (primary N) is 1. The van der Waals surface area contributed by atoms with Crippen molar-refractivity contribution in [3.8, 4) is 0 Å². The largest absolute Gasteiger partial charge is 0.329 e. The molecule has 0 saturated carbocycles. The Bertz CT molecular complexity index is 373. The second kappa shape index (κ2) is 6.50. The first kappa shape index (κ1) is 15.4. The Balaban J connectivity index is 3.05. The summed E-state index contributed by atoms with van der Waals surface area (Å²) >= 11 is 6.08. The molecule has 0 saturated heterocycles. The van der Waals surface area contributed by atoms with Crippen LogP contribution in [-0.4, -0.2) is 30.1 Å². The van der Waals surface area contributed by atoms with E-state index >= 15 is 0 Å². The van der Waals surface area contributed by atoms with Gasteiger partial charge in [0.25, 0.3) is 0 Å². The van der Waals surface area contributed by atoms with Gasteiger partial charge in [0.15, 0.2) is 0 Å². The quantitative estimate of drug-likeness (QED) is 0.862. The summed E-state index contributed by atoms with van der Waals surface area (Å²) in [6, 6.07) is 4.79. The van der Waals surface area contributed by atoms with Crippen molar-refractivity contribution >= 4 is 11.6 Å². The molecule has 1 atom stereocenters. The van der Waals surface area contributed by atoms with Crippen molar-refractivity contribution in [3.63, 3.8) is 0 Å². The van der Waals surface area contributed by atoms with E-state index in [0.717, 1.165) is 13.1 Å². The van der Waals surface area contributed by atoms with Gasteiger partial charge in [-0.25, -0.2) is 4.39 Å². The van der Waals surface area contributed by atoms with Crippen LogP contribution in [-0.2, 0) is 6.42 Å². The maximum Gasteiger partial charge on any atom is 0.127 e. The third kappa shape index (κ3) is 3.22. The van der Waals surface area contributed by atoms with Crippen LogP contribution >= 0.6 is 11.6 Å². The summed E-state index contributed by atoms with van der Waals surface area (Å²) in [6.07, 6.45) is 0.524. The molecule has 0 fully saturated rings. The van der Waals surface area contributed by atoms with Gasteiger partial charge in [0.1, 0.15) is 5.82 Å². The van der Waals surface area contributed by atoms with Crippen molar-refractivity contribution in [2.45, 2.75) is 32.7 Å². The fourth-order valence-corrected chi connectivity index (χ4v) is 2.61. The van der Waals surface area contributed by atoms with Gasteiger partial charge in [0, 0.05) is 22.7 Å². The fourth-order valence-electron chi connectivity index (χ4n) is 2.38. The van der Waals surface area contributed by atoms with Crippen LogP contribution in [0.3, 0.4) is 0 Å². The van der Waals surface area contributed by atoms with Crippen molar-refractivity contribution in [2.24, 2.45) is 5.73 Å². The number of halogens is 2. The molecule has 102 valence electrons. The minimum Gasteiger partial charge on any atom is -0.329 e. The minimum absolute atomic E-state index is 0.255. The zero-order valence-electron chi connectivity index (χ0n) is 11.3. The zero-order valence-corrected chi connectivity index (χ0v) is 12.1. The number of likely N-dealkylation sites (N-methyl/N-ethyl adjacent to an activating group) is 1. The molecule has 2 nitrogen and oxygen atoms in total. The molecule has 1 aromatic rings. The van der Waals surface area contributed by atoms with Crippen LogP contribution in [0.4, 0.5) is 4.39 Å². The molecule has 4 heteroatoms. The highest BCUT2D eigenvalue weighted by Gasteiger charge is 2.30. The second-order valence-corrected chi connectivity index (χ2v) is 5.16. The van der Waals surface area contributed by atoms with E-state index < -0.39 is 0 Å². The summed E-state index contributed by atoms with van der Waals surface area (Å²) < 4.78 is 13.8. The normalized spacial score (nSPS) is 14.8. The van der Waals surface area contributed by atoms with E-state index in [0.29, 0.717) is 23.6 Å². The predicted molar refractivity (Wildman–Crippen MR) is 75.5 cm³/mol. The van der Waals surface area contributed by atoms with E-state index in [1.165, 1.54) is 6.07 Å².